The molecule has 0 aliphatic carbocycles. The number of fused-ring (bicyclic) bond motifs is 1. The Labute approximate surface area is 145 Å². The van der Waals surface area contributed by atoms with Crippen molar-refractivity contribution in [3.63, 3.8) is 0 Å². The van der Waals surface area contributed by atoms with Gasteiger partial charge in [0.25, 0.3) is 11.5 Å². The molecule has 0 aromatic carbocycles. The van der Waals surface area contributed by atoms with Crippen LogP contribution in [0, 0.1) is 5.92 Å². The number of pyridine rings is 2. The number of nitrogens with zero attached hydrogens (tertiary/aromatic N) is 5. The van der Waals surface area contributed by atoms with E-state index < -0.39 is 0 Å². The molecule has 0 spiro atoms. The van der Waals surface area contributed by atoms with E-state index in [1.807, 2.05) is 42.6 Å². The summed E-state index contributed by atoms with van der Waals surface area (Å²) in [5.41, 5.74) is 0.621. The van der Waals surface area contributed by atoms with Crippen molar-refractivity contribution < 1.29 is 4.79 Å². The molecule has 1 amide bonds. The quantitative estimate of drug-likeness (QED) is 0.711. The Morgan fingerprint density at radius 2 is 1.96 bits per heavy atom. The second-order valence-electron chi connectivity index (χ2n) is 6.48. The lowest BCUT2D eigenvalue weighted by Gasteiger charge is -2.17. The molecule has 0 bridgehead atoms. The predicted molar refractivity (Wildman–Crippen MR) is 94.3 cm³/mol. The normalized spacial score (nSPS) is 11.2. The maximum Gasteiger partial charge on any atom is 0.263 e. The minimum atomic E-state index is -0.323. The Morgan fingerprint density at radius 1 is 1.16 bits per heavy atom. The molecule has 3 aromatic rings. The highest BCUT2D eigenvalue weighted by atomic mass is 16.2. The number of hydrogen-bond acceptors (Lipinski definition) is 4. The highest BCUT2D eigenvalue weighted by Gasteiger charge is 2.19. The van der Waals surface area contributed by atoms with Gasteiger partial charge in [0.2, 0.25) is 0 Å². The fraction of sp³-hybridized carbons (Fsp3) is 0.333. The molecule has 0 aliphatic rings. The molecule has 0 saturated carbocycles. The smallest absolute Gasteiger partial charge is 0.263 e. The maximum absolute atomic E-state index is 12.7. The number of amides is 1. The van der Waals surface area contributed by atoms with E-state index in [0.29, 0.717) is 18.3 Å². The zero-order chi connectivity index (χ0) is 18.0. The molecule has 7 heteroatoms. The largest absolute Gasteiger partial charge is 0.334 e. The van der Waals surface area contributed by atoms with Crippen LogP contribution in [0.2, 0.25) is 0 Å². The van der Waals surface area contributed by atoms with Crippen LogP contribution >= 0.6 is 0 Å². The van der Waals surface area contributed by atoms with Crippen LogP contribution in [0.25, 0.3) is 5.65 Å². The summed E-state index contributed by atoms with van der Waals surface area (Å²) in [6, 6.07) is 8.91. The topological polar surface area (TPSA) is 72.5 Å². The van der Waals surface area contributed by atoms with E-state index in [-0.39, 0.29) is 23.6 Å². The first-order valence-electron chi connectivity index (χ1n) is 8.21. The van der Waals surface area contributed by atoms with Gasteiger partial charge in [-0.25, -0.2) is 0 Å². The molecule has 25 heavy (non-hydrogen) atoms. The molecule has 130 valence electrons. The van der Waals surface area contributed by atoms with Gasteiger partial charge >= 0.3 is 0 Å². The Hall–Kier alpha value is -2.96. The van der Waals surface area contributed by atoms with Crippen LogP contribution in [-0.4, -0.2) is 37.0 Å². The summed E-state index contributed by atoms with van der Waals surface area (Å²) in [4.78, 5) is 26.8. The molecule has 0 atom stereocenters. The molecule has 0 N–H and O–H groups in total. The average molecular weight is 339 g/mol. The van der Waals surface area contributed by atoms with Crippen molar-refractivity contribution in [3.05, 3.63) is 64.5 Å². The van der Waals surface area contributed by atoms with Crippen LogP contribution in [0.4, 0.5) is 0 Å². The monoisotopic (exact) mass is 339 g/mol. The highest BCUT2D eigenvalue weighted by molar-refractivity contribution is 5.93. The Balaban J connectivity index is 1.84. The third-order valence-electron chi connectivity index (χ3n) is 3.92. The Morgan fingerprint density at radius 3 is 2.72 bits per heavy atom. The fourth-order valence-corrected chi connectivity index (χ4v) is 2.73. The van der Waals surface area contributed by atoms with E-state index in [2.05, 4.69) is 10.2 Å². The van der Waals surface area contributed by atoms with E-state index in [4.69, 9.17) is 0 Å². The van der Waals surface area contributed by atoms with E-state index in [9.17, 15) is 9.59 Å². The Kier molecular flexibility index (Phi) is 4.65. The first-order valence-corrected chi connectivity index (χ1v) is 8.21. The minimum absolute atomic E-state index is 0.166. The zero-order valence-electron chi connectivity index (χ0n) is 14.6. The second-order valence-corrected chi connectivity index (χ2v) is 6.48. The number of carbonyl (C=O) groups excluding carboxylic acids is 1. The molecule has 3 aromatic heterocycles. The molecule has 7 nitrogen and oxygen atoms in total. The van der Waals surface area contributed by atoms with Crippen molar-refractivity contribution in [1.29, 1.82) is 0 Å². The molecular weight excluding hydrogens is 318 g/mol. The molecule has 0 radical (unpaired) electrons. The predicted octanol–water partition coefficient (Wildman–Crippen LogP) is 1.82. The summed E-state index contributed by atoms with van der Waals surface area (Å²) in [6.45, 7) is 4.91. The molecule has 0 aliphatic heterocycles. The van der Waals surface area contributed by atoms with Gasteiger partial charge in [0.1, 0.15) is 5.56 Å². The van der Waals surface area contributed by atoms with Gasteiger partial charge in [-0.1, -0.05) is 19.9 Å². The van der Waals surface area contributed by atoms with Crippen molar-refractivity contribution in [2.45, 2.75) is 26.9 Å². The van der Waals surface area contributed by atoms with Gasteiger partial charge < -0.3 is 9.47 Å². The lowest BCUT2D eigenvalue weighted by atomic mass is 10.2. The third kappa shape index (κ3) is 3.45. The van der Waals surface area contributed by atoms with E-state index in [0.717, 1.165) is 5.65 Å². The SMILES string of the molecule is CC(C)Cn1cccc(C(=O)N(C)Cc2nnc3ccccn23)c1=O. The summed E-state index contributed by atoms with van der Waals surface area (Å²) in [5.74, 6) is 0.642. The first-order chi connectivity index (χ1) is 12.0. The van der Waals surface area contributed by atoms with Crippen molar-refractivity contribution in [2.75, 3.05) is 7.05 Å². The molecule has 0 fully saturated rings. The van der Waals surface area contributed by atoms with Crippen molar-refractivity contribution in [1.82, 2.24) is 24.1 Å². The first kappa shape index (κ1) is 16.9. The minimum Gasteiger partial charge on any atom is -0.334 e. The summed E-state index contributed by atoms with van der Waals surface area (Å²) in [7, 11) is 1.66. The van der Waals surface area contributed by atoms with Crippen LogP contribution in [0.3, 0.4) is 0 Å². The van der Waals surface area contributed by atoms with E-state index >= 15 is 0 Å². The van der Waals surface area contributed by atoms with Crippen molar-refractivity contribution in [2.24, 2.45) is 5.92 Å². The lowest BCUT2D eigenvalue weighted by molar-refractivity contribution is 0.0778. The van der Waals surface area contributed by atoms with Crippen LogP contribution in [0.5, 0.6) is 0 Å². The summed E-state index contributed by atoms with van der Waals surface area (Å²) < 4.78 is 3.41. The van der Waals surface area contributed by atoms with Gasteiger partial charge in [-0.3, -0.25) is 14.0 Å². The van der Waals surface area contributed by atoms with Gasteiger partial charge in [-0.15, -0.1) is 10.2 Å². The zero-order valence-corrected chi connectivity index (χ0v) is 14.6. The van der Waals surface area contributed by atoms with Crippen molar-refractivity contribution in [3.8, 4) is 0 Å². The standard InChI is InChI=1S/C18H21N5O2/c1-13(2)11-22-9-6-7-14(18(22)25)17(24)21(3)12-16-20-19-15-8-4-5-10-23(15)16/h4-10,13H,11-12H2,1-3H3. The van der Waals surface area contributed by atoms with Crippen LogP contribution in [0.1, 0.15) is 30.0 Å². The van der Waals surface area contributed by atoms with Gasteiger partial charge in [0, 0.05) is 26.0 Å². The summed E-state index contributed by atoms with van der Waals surface area (Å²) in [6.07, 6.45) is 3.56. The van der Waals surface area contributed by atoms with Gasteiger partial charge in [-0.2, -0.15) is 0 Å². The van der Waals surface area contributed by atoms with Crippen LogP contribution < -0.4 is 5.56 Å². The van der Waals surface area contributed by atoms with Crippen LogP contribution in [-0.2, 0) is 13.1 Å². The number of aromatic nitrogens is 4. The third-order valence-corrected chi connectivity index (χ3v) is 3.92. The summed E-state index contributed by atoms with van der Waals surface area (Å²) in [5, 5.41) is 8.20. The van der Waals surface area contributed by atoms with E-state index in [1.165, 1.54) is 4.90 Å². The lowest BCUT2D eigenvalue weighted by Crippen LogP contribution is -2.34. The molecule has 0 unspecified atom stereocenters. The van der Waals surface area contributed by atoms with Gasteiger partial charge in [0.05, 0.1) is 6.54 Å². The molecular formula is C18H21N5O2. The fourth-order valence-electron chi connectivity index (χ4n) is 2.73. The summed E-state index contributed by atoms with van der Waals surface area (Å²) >= 11 is 0. The highest BCUT2D eigenvalue weighted by Crippen LogP contribution is 2.08. The maximum atomic E-state index is 12.7. The van der Waals surface area contributed by atoms with Gasteiger partial charge in [0.15, 0.2) is 11.5 Å². The number of carbonyl (C=O) groups is 1. The van der Waals surface area contributed by atoms with Crippen LogP contribution in [0.15, 0.2) is 47.5 Å². The molecule has 0 saturated heterocycles. The average Bonchev–Trinajstić information content (AvgIpc) is 2.99. The van der Waals surface area contributed by atoms with Crippen molar-refractivity contribution >= 4 is 11.6 Å². The Bertz CT molecular complexity index is 957. The number of hydrogen-bond donors (Lipinski definition) is 0. The second kappa shape index (κ2) is 6.88. The van der Waals surface area contributed by atoms with E-state index in [1.54, 1.807) is 29.9 Å². The molecule has 3 heterocycles. The molecule has 3 rings (SSSR count). The number of rotatable bonds is 5. The van der Waals surface area contributed by atoms with Gasteiger partial charge in [-0.05, 0) is 30.2 Å².